The van der Waals surface area contributed by atoms with E-state index in [1.807, 2.05) is 0 Å². The number of hydrogen-bond acceptors (Lipinski definition) is 1. The Bertz CT molecular complexity index is 640. The number of halogens is 1. The van der Waals surface area contributed by atoms with Crippen LogP contribution in [0.3, 0.4) is 0 Å². The van der Waals surface area contributed by atoms with Crippen LogP contribution in [-0.2, 0) is 19.4 Å². The van der Waals surface area contributed by atoms with Gasteiger partial charge in [0.15, 0.2) is 0 Å². The Balaban J connectivity index is 0.00000156. The zero-order valence-electron chi connectivity index (χ0n) is 14.1. The summed E-state index contributed by atoms with van der Waals surface area (Å²) in [5.74, 6) is 0. The molecule has 0 radical (unpaired) electrons. The van der Waals surface area contributed by atoms with Crippen LogP contribution in [0.15, 0.2) is 24.3 Å². The second-order valence-electron chi connectivity index (χ2n) is 7.06. The van der Waals surface area contributed by atoms with Gasteiger partial charge in [0.05, 0.1) is 0 Å². The lowest BCUT2D eigenvalue weighted by Gasteiger charge is -2.27. The van der Waals surface area contributed by atoms with Crippen molar-refractivity contribution in [1.82, 2.24) is 9.47 Å². The van der Waals surface area contributed by atoms with Gasteiger partial charge < -0.3 is 9.47 Å². The van der Waals surface area contributed by atoms with Gasteiger partial charge in [-0.25, -0.2) is 0 Å². The molecular formula is C20H29ClN2. The van der Waals surface area contributed by atoms with Crippen LogP contribution >= 0.6 is 12.4 Å². The van der Waals surface area contributed by atoms with Gasteiger partial charge in [0.1, 0.15) is 0 Å². The Kier molecular flexibility index (Phi) is 5.66. The number of fused-ring (bicyclic) bond motifs is 3. The number of rotatable bonds is 3. The molecule has 1 saturated heterocycles. The van der Waals surface area contributed by atoms with Crippen LogP contribution in [0.2, 0.25) is 0 Å². The maximum absolute atomic E-state index is 2.67. The molecule has 0 bridgehead atoms. The molecule has 0 spiro atoms. The average Bonchev–Trinajstić information content (AvgIpc) is 2.73. The molecule has 4 rings (SSSR count). The highest BCUT2D eigenvalue weighted by atomic mass is 35.5. The fourth-order valence-electron chi connectivity index (χ4n) is 4.44. The standard InChI is InChI=1S/C20H28N2.ClH/c1-3-9-17-18-10-5-6-12-20(18)22(19(17)11-4-1)16-15-21-13-7-2-8-14-21;/h5-6,10,12H,1-4,7-9,11,13-16H2;1H. The van der Waals surface area contributed by atoms with Gasteiger partial charge in [-0.2, -0.15) is 0 Å². The van der Waals surface area contributed by atoms with Crippen molar-refractivity contribution < 1.29 is 0 Å². The molecule has 2 nitrogen and oxygen atoms in total. The van der Waals surface area contributed by atoms with Gasteiger partial charge >= 0.3 is 0 Å². The Labute approximate surface area is 146 Å². The van der Waals surface area contributed by atoms with Gasteiger partial charge in [0.25, 0.3) is 0 Å². The number of nitrogens with zero attached hydrogens (tertiary/aromatic N) is 2. The molecular weight excluding hydrogens is 304 g/mol. The van der Waals surface area contributed by atoms with E-state index in [1.54, 1.807) is 11.3 Å². The molecule has 1 aliphatic heterocycles. The molecule has 1 aliphatic carbocycles. The molecule has 2 aliphatic rings. The number of likely N-dealkylation sites (tertiary alicyclic amines) is 1. The zero-order chi connectivity index (χ0) is 14.8. The van der Waals surface area contributed by atoms with Gasteiger partial charge in [-0.05, 0) is 63.2 Å². The van der Waals surface area contributed by atoms with E-state index in [9.17, 15) is 0 Å². The maximum atomic E-state index is 2.67. The minimum absolute atomic E-state index is 0. The van der Waals surface area contributed by atoms with E-state index < -0.39 is 0 Å². The predicted octanol–water partition coefficient (Wildman–Crippen LogP) is 4.82. The molecule has 126 valence electrons. The number of hydrogen-bond donors (Lipinski definition) is 0. The van der Waals surface area contributed by atoms with Gasteiger partial charge in [-0.3, -0.25) is 0 Å². The first-order chi connectivity index (χ1) is 10.9. The Hall–Kier alpha value is -0.990. The van der Waals surface area contributed by atoms with Crippen LogP contribution in [0.1, 0.15) is 49.8 Å². The quantitative estimate of drug-likeness (QED) is 0.732. The highest BCUT2D eigenvalue weighted by molar-refractivity contribution is 5.86. The van der Waals surface area contributed by atoms with Gasteiger partial charge in [0.2, 0.25) is 0 Å². The molecule has 1 aromatic carbocycles. The largest absolute Gasteiger partial charge is 0.343 e. The SMILES string of the molecule is Cl.c1ccc2c(c1)c1c(n2CCN2CCCCC2)CCCCC1. The first kappa shape index (κ1) is 16.9. The minimum Gasteiger partial charge on any atom is -0.343 e. The Morgan fingerprint density at radius 2 is 1.52 bits per heavy atom. The lowest BCUT2D eigenvalue weighted by atomic mass is 10.1. The molecule has 0 amide bonds. The van der Waals surface area contributed by atoms with Crippen LogP contribution in [0, 0.1) is 0 Å². The third-order valence-electron chi connectivity index (χ3n) is 5.62. The van der Waals surface area contributed by atoms with Crippen molar-refractivity contribution in [3.8, 4) is 0 Å². The third kappa shape index (κ3) is 3.44. The van der Waals surface area contributed by atoms with Crippen LogP contribution in [0.25, 0.3) is 10.9 Å². The lowest BCUT2D eigenvalue weighted by molar-refractivity contribution is 0.221. The molecule has 0 saturated carbocycles. The summed E-state index contributed by atoms with van der Waals surface area (Å²) < 4.78 is 2.66. The molecule has 2 heterocycles. The lowest BCUT2D eigenvalue weighted by Crippen LogP contribution is -2.32. The second kappa shape index (κ2) is 7.72. The molecule has 1 aromatic heterocycles. The number of piperidine rings is 1. The van der Waals surface area contributed by atoms with Crippen molar-refractivity contribution >= 4 is 23.3 Å². The van der Waals surface area contributed by atoms with E-state index in [4.69, 9.17) is 0 Å². The summed E-state index contributed by atoms with van der Waals surface area (Å²) in [5.41, 5.74) is 4.79. The van der Waals surface area contributed by atoms with E-state index in [2.05, 4.69) is 33.7 Å². The third-order valence-corrected chi connectivity index (χ3v) is 5.62. The molecule has 2 aromatic rings. The highest BCUT2D eigenvalue weighted by Gasteiger charge is 2.19. The fraction of sp³-hybridized carbons (Fsp3) is 0.600. The van der Waals surface area contributed by atoms with Crippen molar-refractivity contribution in [3.05, 3.63) is 35.5 Å². The normalized spacial score (nSPS) is 19.1. The van der Waals surface area contributed by atoms with Gasteiger partial charge in [0, 0.05) is 29.7 Å². The molecule has 23 heavy (non-hydrogen) atoms. The number of para-hydroxylation sites is 1. The predicted molar refractivity (Wildman–Crippen MR) is 101 cm³/mol. The van der Waals surface area contributed by atoms with Crippen LogP contribution in [-0.4, -0.2) is 29.1 Å². The van der Waals surface area contributed by atoms with Gasteiger partial charge in [-0.15, -0.1) is 12.4 Å². The van der Waals surface area contributed by atoms with Gasteiger partial charge in [-0.1, -0.05) is 31.0 Å². The van der Waals surface area contributed by atoms with E-state index in [-0.39, 0.29) is 12.4 Å². The highest BCUT2D eigenvalue weighted by Crippen LogP contribution is 2.31. The van der Waals surface area contributed by atoms with E-state index in [0.717, 1.165) is 0 Å². The minimum atomic E-state index is 0. The van der Waals surface area contributed by atoms with Crippen molar-refractivity contribution in [2.45, 2.75) is 57.9 Å². The first-order valence-electron chi connectivity index (χ1n) is 9.25. The Morgan fingerprint density at radius 3 is 2.39 bits per heavy atom. The second-order valence-corrected chi connectivity index (χ2v) is 7.06. The summed E-state index contributed by atoms with van der Waals surface area (Å²) in [4.78, 5) is 2.67. The summed E-state index contributed by atoms with van der Waals surface area (Å²) in [6, 6.07) is 9.10. The molecule has 3 heteroatoms. The van der Waals surface area contributed by atoms with E-state index >= 15 is 0 Å². The summed E-state index contributed by atoms with van der Waals surface area (Å²) in [7, 11) is 0. The summed E-state index contributed by atoms with van der Waals surface area (Å²) in [6.07, 6.45) is 10.9. The summed E-state index contributed by atoms with van der Waals surface area (Å²) >= 11 is 0. The van der Waals surface area contributed by atoms with Crippen LogP contribution in [0.5, 0.6) is 0 Å². The molecule has 0 atom stereocenters. The average molecular weight is 333 g/mol. The van der Waals surface area contributed by atoms with Crippen molar-refractivity contribution in [2.75, 3.05) is 19.6 Å². The van der Waals surface area contributed by atoms with Crippen LogP contribution in [0.4, 0.5) is 0 Å². The number of benzene rings is 1. The van der Waals surface area contributed by atoms with Crippen molar-refractivity contribution in [1.29, 1.82) is 0 Å². The monoisotopic (exact) mass is 332 g/mol. The molecule has 0 N–H and O–H groups in total. The van der Waals surface area contributed by atoms with Crippen molar-refractivity contribution in [2.24, 2.45) is 0 Å². The summed E-state index contributed by atoms with van der Waals surface area (Å²) in [6.45, 7) is 5.02. The Morgan fingerprint density at radius 1 is 0.783 bits per heavy atom. The molecule has 1 fully saturated rings. The van der Waals surface area contributed by atoms with E-state index in [1.165, 1.54) is 88.4 Å². The van der Waals surface area contributed by atoms with Crippen LogP contribution < -0.4 is 0 Å². The number of aryl methyl sites for hydroxylation is 1. The fourth-order valence-corrected chi connectivity index (χ4v) is 4.44. The topological polar surface area (TPSA) is 8.17 Å². The van der Waals surface area contributed by atoms with Crippen molar-refractivity contribution in [3.63, 3.8) is 0 Å². The smallest absolute Gasteiger partial charge is 0.0485 e. The maximum Gasteiger partial charge on any atom is 0.0485 e. The number of aromatic nitrogens is 1. The first-order valence-corrected chi connectivity index (χ1v) is 9.25. The molecule has 0 unspecified atom stereocenters. The zero-order valence-corrected chi connectivity index (χ0v) is 14.9. The summed E-state index contributed by atoms with van der Waals surface area (Å²) in [5, 5.41) is 1.53. The van der Waals surface area contributed by atoms with E-state index in [0.29, 0.717) is 0 Å².